The van der Waals surface area contributed by atoms with Crippen molar-refractivity contribution in [1.29, 1.82) is 0 Å². The zero-order chi connectivity index (χ0) is 62.6. The van der Waals surface area contributed by atoms with Crippen molar-refractivity contribution in [3.05, 3.63) is 350 Å². The standard InChI is InChI=1S/C86H56Cl2N4S2/c87-62-23-15-28-67(52-62)90(69-30-16-29-68(54-69)89(64-24-3-1-4-25-64)65-26-5-2-6-27-65)66-44-41-59(42-45-66)76-36-18-37-79-80-51-60(43-48-84(80)94-86(76)79)61-49-63(88)53-73(50-61)91(72-46-47-78-77-35-11-12-40-83(77)93-85(78)56-72)70-31-17-32-71(55-70)92(81-38-13-21-57-19-7-9-33-74(57)81)82-39-14-22-58-20-8-10-34-75(58)82/h1-56H. The maximum Gasteiger partial charge on any atom is 0.0540 e. The number of hydrogen-bond donors (Lipinski definition) is 0. The molecule has 446 valence electrons. The molecule has 0 amide bonds. The van der Waals surface area contributed by atoms with Gasteiger partial charge in [0.25, 0.3) is 0 Å². The Kier molecular flexibility index (Phi) is 14.7. The lowest BCUT2D eigenvalue weighted by atomic mass is 9.99. The molecule has 0 fully saturated rings. The Morgan fingerprint density at radius 1 is 0.213 bits per heavy atom. The number of para-hydroxylation sites is 2. The van der Waals surface area contributed by atoms with Crippen LogP contribution in [0.15, 0.2) is 340 Å². The highest BCUT2D eigenvalue weighted by Gasteiger charge is 2.24. The zero-order valence-electron chi connectivity index (χ0n) is 50.7. The maximum atomic E-state index is 7.43. The van der Waals surface area contributed by atoms with Crippen molar-refractivity contribution >= 4 is 176 Å². The topological polar surface area (TPSA) is 13.0 Å². The largest absolute Gasteiger partial charge is 0.310 e. The first-order valence-electron chi connectivity index (χ1n) is 31.4. The normalized spacial score (nSPS) is 11.5. The summed E-state index contributed by atoms with van der Waals surface area (Å²) in [4.78, 5) is 9.38. The average molecular weight is 1280 g/mol. The molecule has 0 aliphatic rings. The van der Waals surface area contributed by atoms with Crippen LogP contribution < -0.4 is 19.6 Å². The Labute approximate surface area is 563 Å². The quantitative estimate of drug-likeness (QED) is 0.108. The van der Waals surface area contributed by atoms with Crippen molar-refractivity contribution in [2.24, 2.45) is 0 Å². The number of fused-ring (bicyclic) bond motifs is 8. The lowest BCUT2D eigenvalue weighted by Crippen LogP contribution is -2.14. The minimum atomic E-state index is 0.647. The molecule has 0 saturated heterocycles. The number of thiophene rings is 2. The lowest BCUT2D eigenvalue weighted by molar-refractivity contribution is 1.25. The van der Waals surface area contributed by atoms with Gasteiger partial charge in [-0.1, -0.05) is 211 Å². The summed E-state index contributed by atoms with van der Waals surface area (Å²) in [5.41, 5.74) is 16.8. The molecule has 17 aromatic rings. The van der Waals surface area contributed by atoms with Gasteiger partial charge in [-0.15, -0.1) is 22.7 Å². The molecular weight excluding hydrogens is 1220 g/mol. The molecule has 0 aliphatic heterocycles. The Morgan fingerprint density at radius 2 is 0.660 bits per heavy atom. The van der Waals surface area contributed by atoms with Crippen molar-refractivity contribution < 1.29 is 0 Å². The van der Waals surface area contributed by atoms with E-state index in [1.54, 1.807) is 0 Å². The molecule has 17 rings (SSSR count). The molecule has 0 radical (unpaired) electrons. The van der Waals surface area contributed by atoms with E-state index in [4.69, 9.17) is 23.2 Å². The van der Waals surface area contributed by atoms with E-state index < -0.39 is 0 Å². The number of nitrogens with zero attached hydrogens (tertiary/aromatic N) is 4. The van der Waals surface area contributed by atoms with Crippen LogP contribution in [0.25, 0.3) is 84.1 Å². The molecule has 0 N–H and O–H groups in total. The maximum absolute atomic E-state index is 7.43. The summed E-state index contributed by atoms with van der Waals surface area (Å²) in [7, 11) is 0. The molecule has 2 aromatic heterocycles. The predicted molar refractivity (Wildman–Crippen MR) is 407 cm³/mol. The molecule has 94 heavy (non-hydrogen) atoms. The van der Waals surface area contributed by atoms with E-state index in [0.717, 1.165) is 84.9 Å². The van der Waals surface area contributed by atoms with Gasteiger partial charge in [-0.3, -0.25) is 0 Å². The Morgan fingerprint density at radius 3 is 1.32 bits per heavy atom. The smallest absolute Gasteiger partial charge is 0.0540 e. The van der Waals surface area contributed by atoms with Crippen LogP contribution in [0.4, 0.5) is 68.2 Å². The van der Waals surface area contributed by atoms with E-state index in [2.05, 4.69) is 341 Å². The SMILES string of the molecule is Clc1cccc(N(c2ccc(-c3cccc4c3sc3ccc(-c5cc(Cl)cc(N(c6cccc(N(c7cccc8ccccc78)c7cccc8ccccc78)c6)c6ccc7c(c6)sc6ccccc67)c5)cc34)cc2)c2cccc(N(c3ccccc3)c3ccccc3)c2)c1. The monoisotopic (exact) mass is 1280 g/mol. The summed E-state index contributed by atoms with van der Waals surface area (Å²) in [5.74, 6) is 0. The molecule has 0 unspecified atom stereocenters. The number of anilines is 12. The Balaban J connectivity index is 0.753. The summed E-state index contributed by atoms with van der Waals surface area (Å²) in [6.07, 6.45) is 0. The Hall–Kier alpha value is -11.0. The van der Waals surface area contributed by atoms with Crippen molar-refractivity contribution in [3.63, 3.8) is 0 Å². The van der Waals surface area contributed by atoms with Crippen molar-refractivity contribution in [3.8, 4) is 22.3 Å². The lowest BCUT2D eigenvalue weighted by Gasteiger charge is -2.31. The summed E-state index contributed by atoms with van der Waals surface area (Å²) < 4.78 is 4.94. The molecule has 0 saturated carbocycles. The number of halogens is 2. The minimum Gasteiger partial charge on any atom is -0.310 e. The highest BCUT2D eigenvalue weighted by Crippen LogP contribution is 2.49. The van der Waals surface area contributed by atoms with E-state index in [1.807, 2.05) is 40.9 Å². The molecule has 0 spiro atoms. The third-order valence-electron chi connectivity index (χ3n) is 17.8. The van der Waals surface area contributed by atoms with E-state index in [0.29, 0.717) is 10.0 Å². The van der Waals surface area contributed by atoms with E-state index >= 15 is 0 Å². The fourth-order valence-electron chi connectivity index (χ4n) is 13.6. The molecule has 15 aromatic carbocycles. The van der Waals surface area contributed by atoms with Crippen LogP contribution in [0.1, 0.15) is 0 Å². The number of rotatable bonds is 14. The third-order valence-corrected chi connectivity index (χ3v) is 20.6. The molecule has 2 heterocycles. The fraction of sp³-hybridized carbons (Fsp3) is 0. The predicted octanol–water partition coefficient (Wildman–Crippen LogP) is 27.2. The fourth-order valence-corrected chi connectivity index (χ4v) is 16.4. The molecule has 8 heteroatoms. The van der Waals surface area contributed by atoms with Crippen molar-refractivity contribution in [1.82, 2.24) is 0 Å². The summed E-state index contributed by atoms with van der Waals surface area (Å²) in [6.45, 7) is 0. The molecule has 4 nitrogen and oxygen atoms in total. The van der Waals surface area contributed by atoms with E-state index in [9.17, 15) is 0 Å². The Bertz CT molecular complexity index is 5580. The second kappa shape index (κ2) is 24.3. The van der Waals surface area contributed by atoms with Gasteiger partial charge in [0.2, 0.25) is 0 Å². The van der Waals surface area contributed by atoms with Crippen LogP contribution in [0.5, 0.6) is 0 Å². The van der Waals surface area contributed by atoms with Gasteiger partial charge >= 0.3 is 0 Å². The molecule has 0 bridgehead atoms. The van der Waals surface area contributed by atoms with Gasteiger partial charge < -0.3 is 19.6 Å². The second-order valence-electron chi connectivity index (χ2n) is 23.5. The van der Waals surface area contributed by atoms with Crippen LogP contribution in [-0.4, -0.2) is 0 Å². The number of benzene rings is 15. The van der Waals surface area contributed by atoms with Crippen LogP contribution >= 0.6 is 45.9 Å². The zero-order valence-corrected chi connectivity index (χ0v) is 53.8. The number of hydrogen-bond acceptors (Lipinski definition) is 6. The van der Waals surface area contributed by atoms with Crippen LogP contribution in [0.3, 0.4) is 0 Å². The minimum absolute atomic E-state index is 0.647. The second-order valence-corrected chi connectivity index (χ2v) is 26.6. The molecule has 0 aliphatic carbocycles. The summed E-state index contributed by atoms with van der Waals surface area (Å²) in [5, 5.41) is 10.9. The van der Waals surface area contributed by atoms with Crippen molar-refractivity contribution in [2.75, 3.05) is 19.6 Å². The first-order valence-corrected chi connectivity index (χ1v) is 33.8. The molecular formula is C86H56Cl2N4S2. The van der Waals surface area contributed by atoms with Gasteiger partial charge in [0.15, 0.2) is 0 Å². The van der Waals surface area contributed by atoms with Crippen LogP contribution in [0, 0.1) is 0 Å². The highest BCUT2D eigenvalue weighted by atomic mass is 35.5. The van der Waals surface area contributed by atoms with E-state index in [-0.39, 0.29) is 0 Å². The third kappa shape index (κ3) is 10.5. The van der Waals surface area contributed by atoms with Gasteiger partial charge in [0.05, 0.1) is 11.4 Å². The van der Waals surface area contributed by atoms with E-state index in [1.165, 1.54) is 67.5 Å². The van der Waals surface area contributed by atoms with Crippen LogP contribution in [0.2, 0.25) is 10.0 Å². The van der Waals surface area contributed by atoms with Crippen LogP contribution in [-0.2, 0) is 0 Å². The summed E-state index contributed by atoms with van der Waals surface area (Å²) >= 11 is 17.9. The van der Waals surface area contributed by atoms with Gasteiger partial charge in [0, 0.05) is 118 Å². The average Bonchev–Trinajstić information content (AvgIpc) is 1.33. The van der Waals surface area contributed by atoms with Gasteiger partial charge in [-0.05, 0) is 185 Å². The first kappa shape index (κ1) is 57.0. The molecule has 0 atom stereocenters. The van der Waals surface area contributed by atoms with Gasteiger partial charge in [0.1, 0.15) is 0 Å². The van der Waals surface area contributed by atoms with Gasteiger partial charge in [-0.25, -0.2) is 0 Å². The first-order chi connectivity index (χ1) is 46.4. The highest BCUT2D eigenvalue weighted by molar-refractivity contribution is 7.26. The van der Waals surface area contributed by atoms with Gasteiger partial charge in [-0.2, -0.15) is 0 Å². The van der Waals surface area contributed by atoms with Crippen molar-refractivity contribution in [2.45, 2.75) is 0 Å². The summed E-state index contributed by atoms with van der Waals surface area (Å²) in [6, 6.07) is 122.